The minimum absolute atomic E-state index is 0.0601. The van der Waals surface area contributed by atoms with Gasteiger partial charge in [-0.25, -0.2) is 0 Å². The summed E-state index contributed by atoms with van der Waals surface area (Å²) in [6.07, 6.45) is 1.62. The molecule has 0 saturated heterocycles. The van der Waals surface area contributed by atoms with E-state index >= 15 is 0 Å². The zero-order valence-corrected chi connectivity index (χ0v) is 9.03. The van der Waals surface area contributed by atoms with Crippen LogP contribution in [0.1, 0.15) is 32.6 Å². The Morgan fingerprint density at radius 1 is 1.43 bits per heavy atom. The zero-order valence-electron chi connectivity index (χ0n) is 9.03. The molecule has 3 heteroatoms. The Balaban J connectivity index is 2.56. The maximum Gasteiger partial charge on any atom is 0.123 e. The van der Waals surface area contributed by atoms with Crippen molar-refractivity contribution in [1.82, 2.24) is 5.32 Å². The zero-order chi connectivity index (χ0) is 10.6. The molecule has 80 valence electrons. The first kappa shape index (κ1) is 11.3. The summed E-state index contributed by atoms with van der Waals surface area (Å²) in [5.74, 6) is 1.33. The van der Waals surface area contributed by atoms with E-state index in [2.05, 4.69) is 26.1 Å². The van der Waals surface area contributed by atoms with Gasteiger partial charge in [-0.05, 0) is 25.0 Å². The van der Waals surface area contributed by atoms with Crippen molar-refractivity contribution in [1.29, 1.82) is 0 Å². The van der Waals surface area contributed by atoms with Gasteiger partial charge in [-0.3, -0.25) is 0 Å². The molecule has 0 spiro atoms. The topological polar surface area (TPSA) is 45.4 Å². The van der Waals surface area contributed by atoms with Crippen LogP contribution >= 0.6 is 0 Å². The van der Waals surface area contributed by atoms with E-state index in [-0.39, 0.29) is 12.6 Å². The van der Waals surface area contributed by atoms with Gasteiger partial charge in [0.25, 0.3) is 0 Å². The molecular formula is C11H19NO2. The second kappa shape index (κ2) is 5.17. The fraction of sp³-hybridized carbons (Fsp3) is 0.636. The summed E-state index contributed by atoms with van der Waals surface area (Å²) >= 11 is 0. The van der Waals surface area contributed by atoms with Gasteiger partial charge in [0.15, 0.2) is 0 Å². The molecule has 14 heavy (non-hydrogen) atoms. The number of hydrogen-bond acceptors (Lipinski definition) is 3. The van der Waals surface area contributed by atoms with Gasteiger partial charge in [-0.15, -0.1) is 0 Å². The Kier molecular flexibility index (Phi) is 4.17. The highest BCUT2D eigenvalue weighted by Crippen LogP contribution is 2.15. The summed E-state index contributed by atoms with van der Waals surface area (Å²) < 4.78 is 5.24. The van der Waals surface area contributed by atoms with E-state index in [1.165, 1.54) is 0 Å². The van der Waals surface area contributed by atoms with Crippen LogP contribution in [0.3, 0.4) is 0 Å². The van der Waals surface area contributed by atoms with Gasteiger partial charge in [0, 0.05) is 6.04 Å². The molecule has 2 unspecified atom stereocenters. The molecular weight excluding hydrogens is 178 g/mol. The highest BCUT2D eigenvalue weighted by Gasteiger charge is 2.17. The van der Waals surface area contributed by atoms with E-state index in [0.29, 0.717) is 12.0 Å². The maximum atomic E-state index is 9.21. The molecule has 0 saturated carbocycles. The predicted octanol–water partition coefficient (Wildman–Crippen LogP) is 1.95. The molecule has 1 heterocycles. The Hall–Kier alpha value is -0.800. The third-order valence-corrected chi connectivity index (χ3v) is 2.53. The maximum absolute atomic E-state index is 9.21. The lowest BCUT2D eigenvalue weighted by atomic mass is 10.0. The van der Waals surface area contributed by atoms with Crippen LogP contribution in [-0.2, 0) is 0 Å². The number of aliphatic hydroxyl groups excluding tert-OH is 1. The van der Waals surface area contributed by atoms with E-state index in [9.17, 15) is 5.11 Å². The molecule has 0 radical (unpaired) electrons. The molecule has 1 rings (SSSR count). The van der Waals surface area contributed by atoms with Crippen LogP contribution in [0.15, 0.2) is 22.8 Å². The fourth-order valence-corrected chi connectivity index (χ4v) is 1.22. The van der Waals surface area contributed by atoms with Gasteiger partial charge in [0.05, 0.1) is 18.9 Å². The summed E-state index contributed by atoms with van der Waals surface area (Å²) in [6.45, 7) is 6.46. The molecule has 0 aliphatic heterocycles. The van der Waals surface area contributed by atoms with Crippen LogP contribution in [0.2, 0.25) is 0 Å². The molecule has 0 fully saturated rings. The van der Waals surface area contributed by atoms with Gasteiger partial charge in [0.2, 0.25) is 0 Å². The molecule has 0 aromatic carbocycles. The van der Waals surface area contributed by atoms with Crippen LogP contribution in [-0.4, -0.2) is 17.8 Å². The van der Waals surface area contributed by atoms with E-state index < -0.39 is 0 Å². The first-order valence-corrected chi connectivity index (χ1v) is 5.05. The third-order valence-electron chi connectivity index (χ3n) is 2.53. The van der Waals surface area contributed by atoms with Gasteiger partial charge < -0.3 is 14.8 Å². The standard InChI is InChI=1S/C11H19NO2/c1-8(2)9(3)12-10(7-13)11-5-4-6-14-11/h4-6,8-10,12-13H,7H2,1-3H3. The Morgan fingerprint density at radius 3 is 2.57 bits per heavy atom. The minimum atomic E-state index is -0.0950. The van der Waals surface area contributed by atoms with Crippen molar-refractivity contribution in [2.75, 3.05) is 6.61 Å². The van der Waals surface area contributed by atoms with Crippen LogP contribution in [0, 0.1) is 5.92 Å². The van der Waals surface area contributed by atoms with E-state index in [0.717, 1.165) is 5.76 Å². The van der Waals surface area contributed by atoms with Crippen molar-refractivity contribution >= 4 is 0 Å². The largest absolute Gasteiger partial charge is 0.468 e. The lowest BCUT2D eigenvalue weighted by Gasteiger charge is -2.22. The fourth-order valence-electron chi connectivity index (χ4n) is 1.22. The molecule has 1 aromatic heterocycles. The normalized spacial score (nSPS) is 15.8. The van der Waals surface area contributed by atoms with Gasteiger partial charge in [0.1, 0.15) is 5.76 Å². The van der Waals surface area contributed by atoms with Crippen molar-refractivity contribution < 1.29 is 9.52 Å². The lowest BCUT2D eigenvalue weighted by molar-refractivity contribution is 0.207. The number of furan rings is 1. The Bertz CT molecular complexity index is 244. The number of rotatable bonds is 5. The number of hydrogen-bond donors (Lipinski definition) is 2. The highest BCUT2D eigenvalue weighted by molar-refractivity contribution is 5.04. The number of aliphatic hydroxyl groups is 1. The summed E-state index contributed by atoms with van der Waals surface area (Å²) in [7, 11) is 0. The molecule has 0 aliphatic rings. The van der Waals surface area contributed by atoms with Crippen LogP contribution < -0.4 is 5.32 Å². The first-order chi connectivity index (χ1) is 6.65. The second-order valence-corrected chi connectivity index (χ2v) is 3.95. The van der Waals surface area contributed by atoms with Gasteiger partial charge >= 0.3 is 0 Å². The van der Waals surface area contributed by atoms with Crippen LogP contribution in [0.5, 0.6) is 0 Å². The molecule has 2 atom stereocenters. The average Bonchev–Trinajstić information content (AvgIpc) is 2.66. The molecule has 2 N–H and O–H groups in total. The molecule has 3 nitrogen and oxygen atoms in total. The van der Waals surface area contributed by atoms with Crippen LogP contribution in [0.25, 0.3) is 0 Å². The smallest absolute Gasteiger partial charge is 0.123 e. The molecule has 0 bridgehead atoms. The first-order valence-electron chi connectivity index (χ1n) is 5.05. The van der Waals surface area contributed by atoms with Crippen LogP contribution in [0.4, 0.5) is 0 Å². The number of nitrogens with one attached hydrogen (secondary N) is 1. The Labute approximate surface area is 85.1 Å². The summed E-state index contributed by atoms with van der Waals surface area (Å²) in [5.41, 5.74) is 0. The lowest BCUT2D eigenvalue weighted by Crippen LogP contribution is -2.35. The molecule has 0 aliphatic carbocycles. The van der Waals surface area contributed by atoms with E-state index in [1.54, 1.807) is 6.26 Å². The highest BCUT2D eigenvalue weighted by atomic mass is 16.3. The predicted molar refractivity (Wildman–Crippen MR) is 56.0 cm³/mol. The van der Waals surface area contributed by atoms with Gasteiger partial charge in [-0.2, -0.15) is 0 Å². The average molecular weight is 197 g/mol. The van der Waals surface area contributed by atoms with Crippen molar-refractivity contribution in [3.05, 3.63) is 24.2 Å². The summed E-state index contributed by atoms with van der Waals surface area (Å²) in [4.78, 5) is 0. The summed E-state index contributed by atoms with van der Waals surface area (Å²) in [6, 6.07) is 3.97. The van der Waals surface area contributed by atoms with E-state index in [4.69, 9.17) is 4.42 Å². The second-order valence-electron chi connectivity index (χ2n) is 3.95. The van der Waals surface area contributed by atoms with Crippen molar-refractivity contribution in [2.24, 2.45) is 5.92 Å². The Morgan fingerprint density at radius 2 is 2.14 bits per heavy atom. The van der Waals surface area contributed by atoms with E-state index in [1.807, 2.05) is 12.1 Å². The molecule has 1 aromatic rings. The van der Waals surface area contributed by atoms with Crippen molar-refractivity contribution in [3.63, 3.8) is 0 Å². The monoisotopic (exact) mass is 197 g/mol. The van der Waals surface area contributed by atoms with Crippen molar-refractivity contribution in [3.8, 4) is 0 Å². The molecule has 0 amide bonds. The minimum Gasteiger partial charge on any atom is -0.468 e. The SMILES string of the molecule is CC(C)C(C)NC(CO)c1ccco1. The third kappa shape index (κ3) is 2.86. The quantitative estimate of drug-likeness (QED) is 0.758. The van der Waals surface area contributed by atoms with Crippen molar-refractivity contribution in [2.45, 2.75) is 32.9 Å². The summed E-state index contributed by atoms with van der Waals surface area (Å²) in [5, 5.41) is 12.5. The van der Waals surface area contributed by atoms with Gasteiger partial charge in [-0.1, -0.05) is 13.8 Å².